The zero-order valence-electron chi connectivity index (χ0n) is 7.21. The Morgan fingerprint density at radius 2 is 2.46 bits per heavy atom. The first-order valence-electron chi connectivity index (χ1n) is 3.56. The average Bonchev–Trinajstić information content (AvgIpc) is 2.10. The van der Waals surface area contributed by atoms with Crippen LogP contribution < -0.4 is 0 Å². The van der Waals surface area contributed by atoms with Crippen molar-refractivity contribution in [3.8, 4) is 0 Å². The summed E-state index contributed by atoms with van der Waals surface area (Å²) in [7, 11) is 1.40. The lowest BCUT2D eigenvalue weighted by Crippen LogP contribution is -2.25. The van der Waals surface area contributed by atoms with E-state index in [0.717, 1.165) is 0 Å². The second kappa shape index (κ2) is 7.35. The Bertz CT molecular complexity index is 202. The van der Waals surface area contributed by atoms with Crippen LogP contribution in [0.25, 0.3) is 10.4 Å². The van der Waals surface area contributed by atoms with Crippen molar-refractivity contribution in [1.82, 2.24) is 0 Å². The first kappa shape index (κ1) is 11.7. The van der Waals surface area contributed by atoms with E-state index in [-0.39, 0.29) is 19.8 Å². The number of hydrogen-bond donors (Lipinski definition) is 1. The van der Waals surface area contributed by atoms with Gasteiger partial charge in [-0.25, -0.2) is 4.79 Å². The third-order valence-corrected chi connectivity index (χ3v) is 1.22. The molecule has 0 fully saturated rings. The Kier molecular flexibility index (Phi) is 6.62. The highest BCUT2D eigenvalue weighted by Gasteiger charge is 2.16. The van der Waals surface area contributed by atoms with Gasteiger partial charge >= 0.3 is 5.97 Å². The average molecular weight is 189 g/mol. The number of carboxylic acid groups (broad SMARTS) is 1. The highest BCUT2D eigenvalue weighted by molar-refractivity contribution is 5.72. The summed E-state index contributed by atoms with van der Waals surface area (Å²) in [5.74, 6) is -1.09. The van der Waals surface area contributed by atoms with Crippen molar-refractivity contribution in [3.05, 3.63) is 10.4 Å². The number of carboxylic acids is 1. The van der Waals surface area contributed by atoms with Crippen molar-refractivity contribution in [2.45, 2.75) is 12.5 Å². The fourth-order valence-corrected chi connectivity index (χ4v) is 0.648. The molecule has 0 spiro atoms. The van der Waals surface area contributed by atoms with Crippen molar-refractivity contribution in [2.75, 3.05) is 20.4 Å². The third-order valence-electron chi connectivity index (χ3n) is 1.22. The first-order chi connectivity index (χ1) is 6.22. The van der Waals surface area contributed by atoms with Gasteiger partial charge in [0.15, 0.2) is 6.10 Å². The number of nitrogens with zero attached hydrogens (tertiary/aromatic N) is 3. The van der Waals surface area contributed by atoms with Gasteiger partial charge < -0.3 is 14.6 Å². The summed E-state index contributed by atoms with van der Waals surface area (Å²) in [4.78, 5) is 13.0. The van der Waals surface area contributed by atoms with Crippen molar-refractivity contribution in [2.24, 2.45) is 5.11 Å². The molecule has 13 heavy (non-hydrogen) atoms. The van der Waals surface area contributed by atoms with Gasteiger partial charge in [0.05, 0.1) is 0 Å². The second-order valence-electron chi connectivity index (χ2n) is 2.14. The molecule has 7 heteroatoms. The molecule has 0 amide bonds. The van der Waals surface area contributed by atoms with Gasteiger partial charge in [-0.15, -0.1) is 0 Å². The van der Waals surface area contributed by atoms with E-state index < -0.39 is 12.1 Å². The van der Waals surface area contributed by atoms with E-state index in [1.165, 1.54) is 7.11 Å². The highest BCUT2D eigenvalue weighted by Crippen LogP contribution is 1.99. The summed E-state index contributed by atoms with van der Waals surface area (Å²) in [6, 6.07) is 0. The van der Waals surface area contributed by atoms with Crippen LogP contribution in [0.5, 0.6) is 0 Å². The summed E-state index contributed by atoms with van der Waals surface area (Å²) in [6.07, 6.45) is -0.839. The SMILES string of the molecule is COCO[C@@H](CCN=[N+]=[N-])C(=O)O. The van der Waals surface area contributed by atoms with Gasteiger partial charge in [-0.3, -0.25) is 0 Å². The Labute approximate surface area is 74.9 Å². The predicted molar refractivity (Wildman–Crippen MR) is 43.0 cm³/mol. The van der Waals surface area contributed by atoms with Crippen LogP contribution in [0.1, 0.15) is 6.42 Å². The molecule has 7 nitrogen and oxygen atoms in total. The summed E-state index contributed by atoms with van der Waals surface area (Å²) in [5, 5.41) is 11.8. The van der Waals surface area contributed by atoms with Crippen LogP contribution in [0.3, 0.4) is 0 Å². The van der Waals surface area contributed by atoms with Crippen molar-refractivity contribution in [3.63, 3.8) is 0 Å². The molecule has 0 aromatic carbocycles. The molecule has 1 N–H and O–H groups in total. The minimum Gasteiger partial charge on any atom is -0.479 e. The van der Waals surface area contributed by atoms with Crippen LogP contribution in [-0.2, 0) is 14.3 Å². The van der Waals surface area contributed by atoms with Gasteiger partial charge in [0, 0.05) is 18.6 Å². The number of methoxy groups -OCH3 is 1. The number of rotatable bonds is 7. The van der Waals surface area contributed by atoms with E-state index in [1.807, 2.05) is 0 Å². The molecule has 0 aliphatic rings. The van der Waals surface area contributed by atoms with Crippen LogP contribution >= 0.6 is 0 Å². The van der Waals surface area contributed by atoms with E-state index in [4.69, 9.17) is 15.4 Å². The minimum atomic E-state index is -1.09. The topological polar surface area (TPSA) is 105 Å². The lowest BCUT2D eigenvalue weighted by atomic mass is 10.2. The monoisotopic (exact) mass is 189 g/mol. The van der Waals surface area contributed by atoms with Crippen LogP contribution in [0.2, 0.25) is 0 Å². The van der Waals surface area contributed by atoms with Crippen LogP contribution in [-0.4, -0.2) is 37.6 Å². The molecule has 0 heterocycles. The Morgan fingerprint density at radius 1 is 1.77 bits per heavy atom. The molecule has 74 valence electrons. The van der Waals surface area contributed by atoms with Crippen molar-refractivity contribution in [1.29, 1.82) is 0 Å². The van der Waals surface area contributed by atoms with Gasteiger partial charge in [0.1, 0.15) is 6.79 Å². The van der Waals surface area contributed by atoms with Crippen LogP contribution in [0.4, 0.5) is 0 Å². The van der Waals surface area contributed by atoms with E-state index in [2.05, 4.69) is 14.8 Å². The van der Waals surface area contributed by atoms with E-state index in [9.17, 15) is 4.79 Å². The smallest absolute Gasteiger partial charge is 0.332 e. The van der Waals surface area contributed by atoms with Gasteiger partial charge in [0.2, 0.25) is 0 Å². The van der Waals surface area contributed by atoms with Crippen LogP contribution in [0, 0.1) is 0 Å². The number of azide groups is 1. The van der Waals surface area contributed by atoms with Gasteiger partial charge in [-0.2, -0.15) is 0 Å². The van der Waals surface area contributed by atoms with Gasteiger partial charge in [-0.05, 0) is 12.0 Å². The number of aliphatic carboxylic acids is 1. The molecule has 0 aromatic rings. The fourth-order valence-electron chi connectivity index (χ4n) is 0.648. The number of ether oxygens (including phenoxy) is 2. The maximum Gasteiger partial charge on any atom is 0.332 e. The molecule has 1 atom stereocenters. The largest absolute Gasteiger partial charge is 0.479 e. The maximum absolute atomic E-state index is 10.5. The summed E-state index contributed by atoms with van der Waals surface area (Å²) >= 11 is 0. The normalized spacial score (nSPS) is 11.8. The van der Waals surface area contributed by atoms with Gasteiger partial charge in [0.25, 0.3) is 0 Å². The highest BCUT2D eigenvalue weighted by atomic mass is 16.7. The molecule has 0 bridgehead atoms. The molecule has 0 saturated heterocycles. The van der Waals surface area contributed by atoms with Crippen molar-refractivity contribution >= 4 is 5.97 Å². The van der Waals surface area contributed by atoms with E-state index >= 15 is 0 Å². The van der Waals surface area contributed by atoms with E-state index in [1.54, 1.807) is 0 Å². The quantitative estimate of drug-likeness (QED) is 0.276. The minimum absolute atomic E-state index is 0.0900. The fraction of sp³-hybridized carbons (Fsp3) is 0.833. The lowest BCUT2D eigenvalue weighted by Gasteiger charge is -2.10. The summed E-state index contributed by atoms with van der Waals surface area (Å²) < 4.78 is 9.33. The first-order valence-corrected chi connectivity index (χ1v) is 3.56. The van der Waals surface area contributed by atoms with Gasteiger partial charge in [-0.1, -0.05) is 5.11 Å². The molecule has 0 saturated carbocycles. The van der Waals surface area contributed by atoms with Crippen LogP contribution in [0.15, 0.2) is 5.11 Å². The van der Waals surface area contributed by atoms with Crippen molar-refractivity contribution < 1.29 is 19.4 Å². The predicted octanol–water partition coefficient (Wildman–Crippen LogP) is 0.761. The molecule has 0 aliphatic heterocycles. The maximum atomic E-state index is 10.5. The summed E-state index contributed by atoms with van der Waals surface area (Å²) in [5.41, 5.74) is 7.94. The Balaban J connectivity index is 3.79. The molecule has 0 radical (unpaired) electrons. The zero-order chi connectivity index (χ0) is 10.1. The lowest BCUT2D eigenvalue weighted by molar-refractivity contribution is -0.159. The number of carbonyl (C=O) groups is 1. The second-order valence-corrected chi connectivity index (χ2v) is 2.14. The summed E-state index contributed by atoms with van der Waals surface area (Å²) in [6.45, 7) is 0.00438. The Morgan fingerprint density at radius 3 is 2.92 bits per heavy atom. The van der Waals surface area contributed by atoms with E-state index in [0.29, 0.717) is 0 Å². The molecule has 0 aliphatic carbocycles. The molecular formula is C6H11N3O4. The molecule has 0 aromatic heterocycles. The Hall–Kier alpha value is -1.30. The molecule has 0 unspecified atom stereocenters. The molecule has 0 rings (SSSR count). The molecular weight excluding hydrogens is 178 g/mol. The standard InChI is InChI=1S/C6H11N3O4/c1-12-4-13-5(6(10)11)2-3-8-9-7/h5H,2-4H2,1H3,(H,10,11)/t5-/m0/s1. The zero-order valence-corrected chi connectivity index (χ0v) is 7.21. The third kappa shape index (κ3) is 5.92. The number of hydrogen-bond acceptors (Lipinski definition) is 4.